The minimum absolute atomic E-state index is 0.134. The van der Waals surface area contributed by atoms with E-state index in [1.165, 1.54) is 37.7 Å². The van der Waals surface area contributed by atoms with Crippen LogP contribution in [0.3, 0.4) is 0 Å². The van der Waals surface area contributed by atoms with Gasteiger partial charge in [0.25, 0.3) is 0 Å². The van der Waals surface area contributed by atoms with Gasteiger partial charge in [-0.05, 0) is 119 Å². The molecule has 8 atom stereocenters. The van der Waals surface area contributed by atoms with Crippen LogP contribution in [0, 0.1) is 34.5 Å². The molecular weight excluding hydrogens is 384 g/mol. The molecule has 3 saturated carbocycles. The van der Waals surface area contributed by atoms with E-state index in [4.69, 9.17) is 0 Å². The lowest BCUT2D eigenvalue weighted by molar-refractivity contribution is -0.137. The molecule has 0 aliphatic heterocycles. The van der Waals surface area contributed by atoms with Crippen LogP contribution in [0.25, 0.3) is 0 Å². The molecule has 3 heteroatoms. The lowest BCUT2D eigenvalue weighted by atomic mass is 9.44. The largest absolute Gasteiger partial charge is 0.390 e. The first-order chi connectivity index (χ1) is 14.2. The van der Waals surface area contributed by atoms with Crippen LogP contribution < -0.4 is 0 Å². The molecule has 4 aliphatic rings. The summed E-state index contributed by atoms with van der Waals surface area (Å²) in [6, 6.07) is 0. The predicted octanol–water partition coefficient (Wildman–Crippen LogP) is 6.01. The summed E-state index contributed by atoms with van der Waals surface area (Å²) in [4.78, 5) is 0. The highest BCUT2D eigenvalue weighted by atomic mass is 16.3. The highest BCUT2D eigenvalue weighted by Gasteiger charge is 2.63. The average Bonchev–Trinajstić information content (AvgIpc) is 2.99. The Bertz CT molecular complexity index is 718. The fourth-order valence-electron chi connectivity index (χ4n) is 8.72. The molecule has 0 aromatic heterocycles. The first-order valence-electron chi connectivity index (χ1n) is 13.1. The van der Waals surface area contributed by atoms with Gasteiger partial charge in [-0.25, -0.2) is 0 Å². The van der Waals surface area contributed by atoms with Gasteiger partial charge in [-0.2, -0.15) is 0 Å². The molecule has 0 aromatic rings. The zero-order valence-electron chi connectivity index (χ0n) is 21.0. The Morgan fingerprint density at radius 3 is 2.35 bits per heavy atom. The van der Waals surface area contributed by atoms with E-state index in [2.05, 4.69) is 33.8 Å². The van der Waals surface area contributed by atoms with Crippen molar-refractivity contribution < 1.29 is 15.3 Å². The predicted molar refractivity (Wildman–Crippen MR) is 127 cm³/mol. The Hall–Kier alpha value is -0.380. The van der Waals surface area contributed by atoms with E-state index in [0.717, 1.165) is 38.5 Å². The van der Waals surface area contributed by atoms with Gasteiger partial charge in [-0.15, -0.1) is 0 Å². The fraction of sp³-hybridized carbons (Fsp3) is 0.929. The minimum atomic E-state index is -0.778. The third kappa shape index (κ3) is 3.95. The lowest BCUT2D eigenvalue weighted by Gasteiger charge is -2.62. The molecule has 0 spiro atoms. The van der Waals surface area contributed by atoms with Crippen molar-refractivity contribution in [3.8, 4) is 0 Å². The standard InChI is InChI=1S/C28H48O3/c1-7-28(31)16-15-26(5)20(18-28)17-27(6,30)23-21-11-10-19(9-8-13-24(2,3)29)25(21,4)14-12-22(23)26/h17,19,21-23,29-31H,7-16,18H2,1-6H3/t19-,21-,22-,23-,25+,26-,27-,28-/m0/s1. The summed E-state index contributed by atoms with van der Waals surface area (Å²) >= 11 is 0. The van der Waals surface area contributed by atoms with Crippen molar-refractivity contribution in [2.45, 2.75) is 129 Å². The summed E-state index contributed by atoms with van der Waals surface area (Å²) in [5.74, 6) is 2.14. The summed E-state index contributed by atoms with van der Waals surface area (Å²) in [5, 5.41) is 33.0. The smallest absolute Gasteiger partial charge is 0.0836 e. The highest BCUT2D eigenvalue weighted by molar-refractivity contribution is 5.32. The van der Waals surface area contributed by atoms with Gasteiger partial charge in [0.15, 0.2) is 0 Å². The Morgan fingerprint density at radius 1 is 1.00 bits per heavy atom. The Labute approximate surface area is 190 Å². The SMILES string of the molecule is CC[C@]1(O)CC[C@@]2(C)C(=C[C@](C)(O)[C@H]3[C@@H]4CC[C@H](CCCC(C)(C)O)[C@@]4(C)CC[C@@H]32)C1. The van der Waals surface area contributed by atoms with Crippen LogP contribution in [0.5, 0.6) is 0 Å². The van der Waals surface area contributed by atoms with Gasteiger partial charge < -0.3 is 15.3 Å². The molecule has 0 saturated heterocycles. The lowest BCUT2D eigenvalue weighted by Crippen LogP contribution is -2.59. The fourth-order valence-corrected chi connectivity index (χ4v) is 8.72. The van der Waals surface area contributed by atoms with Gasteiger partial charge in [0, 0.05) is 0 Å². The maximum Gasteiger partial charge on any atom is 0.0836 e. The molecule has 4 rings (SSSR count). The van der Waals surface area contributed by atoms with E-state index in [9.17, 15) is 15.3 Å². The van der Waals surface area contributed by atoms with Gasteiger partial charge in [0.05, 0.1) is 16.8 Å². The molecular formula is C28H48O3. The van der Waals surface area contributed by atoms with Gasteiger partial charge in [-0.1, -0.05) is 38.8 Å². The van der Waals surface area contributed by atoms with Gasteiger partial charge >= 0.3 is 0 Å². The second-order valence-corrected chi connectivity index (χ2v) is 13.3. The van der Waals surface area contributed by atoms with E-state index >= 15 is 0 Å². The normalized spacial score (nSPS) is 49.8. The van der Waals surface area contributed by atoms with E-state index < -0.39 is 16.8 Å². The van der Waals surface area contributed by atoms with Crippen LogP contribution >= 0.6 is 0 Å². The Kier molecular flexibility index (Phi) is 5.80. The maximum absolute atomic E-state index is 11.8. The molecule has 0 amide bonds. The zero-order valence-corrected chi connectivity index (χ0v) is 21.0. The molecule has 0 aromatic carbocycles. The highest BCUT2D eigenvalue weighted by Crippen LogP contribution is 2.69. The third-order valence-corrected chi connectivity index (χ3v) is 10.8. The van der Waals surface area contributed by atoms with Gasteiger partial charge in [-0.3, -0.25) is 0 Å². The molecule has 0 radical (unpaired) electrons. The summed E-state index contributed by atoms with van der Waals surface area (Å²) in [5.41, 5.74) is -0.158. The van der Waals surface area contributed by atoms with Crippen LogP contribution in [-0.4, -0.2) is 32.1 Å². The number of hydrogen-bond acceptors (Lipinski definition) is 3. The number of rotatable bonds is 5. The number of aliphatic hydroxyl groups is 3. The van der Waals surface area contributed by atoms with Crippen molar-refractivity contribution >= 4 is 0 Å². The first-order valence-corrected chi connectivity index (χ1v) is 13.1. The summed E-state index contributed by atoms with van der Waals surface area (Å²) < 4.78 is 0. The average molecular weight is 433 g/mol. The minimum Gasteiger partial charge on any atom is -0.390 e. The Balaban J connectivity index is 1.59. The van der Waals surface area contributed by atoms with E-state index in [1.54, 1.807) is 0 Å². The van der Waals surface area contributed by atoms with E-state index in [-0.39, 0.29) is 5.41 Å². The monoisotopic (exact) mass is 432 g/mol. The van der Waals surface area contributed by atoms with Gasteiger partial charge in [0.1, 0.15) is 0 Å². The van der Waals surface area contributed by atoms with E-state index in [1.807, 2.05) is 13.8 Å². The van der Waals surface area contributed by atoms with Crippen LogP contribution in [-0.2, 0) is 0 Å². The number of fused-ring (bicyclic) bond motifs is 5. The molecule has 0 heterocycles. The van der Waals surface area contributed by atoms with Crippen LogP contribution in [0.4, 0.5) is 0 Å². The van der Waals surface area contributed by atoms with Crippen molar-refractivity contribution in [2.24, 2.45) is 34.5 Å². The molecule has 178 valence electrons. The van der Waals surface area contributed by atoms with Crippen LogP contribution in [0.2, 0.25) is 0 Å². The molecule has 0 bridgehead atoms. The second kappa shape index (κ2) is 7.57. The topological polar surface area (TPSA) is 60.7 Å². The van der Waals surface area contributed by atoms with Crippen molar-refractivity contribution in [3.63, 3.8) is 0 Å². The molecule has 0 unspecified atom stereocenters. The Morgan fingerprint density at radius 2 is 1.71 bits per heavy atom. The van der Waals surface area contributed by atoms with Crippen molar-refractivity contribution in [2.75, 3.05) is 0 Å². The molecule has 3 fully saturated rings. The van der Waals surface area contributed by atoms with Gasteiger partial charge in [0.2, 0.25) is 0 Å². The van der Waals surface area contributed by atoms with Crippen LogP contribution in [0.15, 0.2) is 11.6 Å². The third-order valence-electron chi connectivity index (χ3n) is 10.8. The van der Waals surface area contributed by atoms with Crippen molar-refractivity contribution in [1.29, 1.82) is 0 Å². The molecule has 3 nitrogen and oxygen atoms in total. The molecule has 3 N–H and O–H groups in total. The quantitative estimate of drug-likeness (QED) is 0.466. The molecule has 31 heavy (non-hydrogen) atoms. The maximum atomic E-state index is 11.8. The van der Waals surface area contributed by atoms with Crippen molar-refractivity contribution in [3.05, 3.63) is 11.6 Å². The van der Waals surface area contributed by atoms with Crippen molar-refractivity contribution in [1.82, 2.24) is 0 Å². The molecule has 4 aliphatic carbocycles. The van der Waals surface area contributed by atoms with E-state index in [0.29, 0.717) is 29.1 Å². The summed E-state index contributed by atoms with van der Waals surface area (Å²) in [6.07, 6.45) is 13.8. The number of hydrogen-bond donors (Lipinski definition) is 3. The summed E-state index contributed by atoms with van der Waals surface area (Å²) in [6.45, 7) is 13.0. The zero-order chi connectivity index (χ0) is 22.9. The van der Waals surface area contributed by atoms with Crippen LogP contribution in [0.1, 0.15) is 112 Å². The first kappa shape index (κ1) is 23.8. The second-order valence-electron chi connectivity index (χ2n) is 13.3. The summed E-state index contributed by atoms with van der Waals surface area (Å²) in [7, 11) is 0.